The van der Waals surface area contributed by atoms with E-state index in [0.29, 0.717) is 5.92 Å². The summed E-state index contributed by atoms with van der Waals surface area (Å²) in [6.45, 7) is 5.40. The lowest BCUT2D eigenvalue weighted by molar-refractivity contribution is -0.142. The standard InChI is InChI=1S/C15H28N2O3/c1-4-9-17(11-15(19)20-3)10-14(18)16-13-8-6-5-7-12(13)2/h12-13H,4-11H2,1-3H3,(H,16,18). The summed E-state index contributed by atoms with van der Waals surface area (Å²) in [7, 11) is 1.37. The van der Waals surface area contributed by atoms with Gasteiger partial charge in [0.1, 0.15) is 0 Å². The molecule has 116 valence electrons. The molecule has 0 spiro atoms. The van der Waals surface area contributed by atoms with Crippen LogP contribution in [-0.4, -0.2) is 49.6 Å². The van der Waals surface area contributed by atoms with Crippen LogP contribution in [-0.2, 0) is 14.3 Å². The first-order valence-corrected chi connectivity index (χ1v) is 7.65. The van der Waals surface area contributed by atoms with Gasteiger partial charge >= 0.3 is 5.97 Å². The number of nitrogens with one attached hydrogen (secondary N) is 1. The number of hydrogen-bond acceptors (Lipinski definition) is 4. The van der Waals surface area contributed by atoms with Gasteiger partial charge in [-0.05, 0) is 31.7 Å². The van der Waals surface area contributed by atoms with E-state index in [4.69, 9.17) is 0 Å². The number of rotatable bonds is 7. The maximum Gasteiger partial charge on any atom is 0.319 e. The third-order valence-corrected chi connectivity index (χ3v) is 3.95. The van der Waals surface area contributed by atoms with E-state index < -0.39 is 0 Å². The fourth-order valence-electron chi connectivity index (χ4n) is 2.76. The molecular weight excluding hydrogens is 256 g/mol. The van der Waals surface area contributed by atoms with Crippen molar-refractivity contribution in [3.8, 4) is 0 Å². The zero-order chi connectivity index (χ0) is 15.0. The van der Waals surface area contributed by atoms with Crippen molar-refractivity contribution < 1.29 is 14.3 Å². The van der Waals surface area contributed by atoms with E-state index in [-0.39, 0.29) is 31.0 Å². The van der Waals surface area contributed by atoms with Gasteiger partial charge in [-0.3, -0.25) is 14.5 Å². The molecule has 0 aromatic heterocycles. The van der Waals surface area contributed by atoms with Crippen LogP contribution in [0.1, 0.15) is 46.0 Å². The molecule has 0 bridgehead atoms. The van der Waals surface area contributed by atoms with E-state index in [1.807, 2.05) is 11.8 Å². The molecule has 0 heterocycles. The van der Waals surface area contributed by atoms with Gasteiger partial charge in [-0.1, -0.05) is 26.7 Å². The Bertz CT molecular complexity index is 320. The highest BCUT2D eigenvalue weighted by atomic mass is 16.5. The first-order chi connectivity index (χ1) is 9.56. The molecule has 1 saturated carbocycles. The minimum absolute atomic E-state index is 0.0149. The number of methoxy groups -OCH3 is 1. The Kier molecular flexibility index (Phi) is 7.59. The summed E-state index contributed by atoms with van der Waals surface area (Å²) in [5.74, 6) is 0.270. The number of carbonyl (C=O) groups is 2. The monoisotopic (exact) mass is 284 g/mol. The maximum absolute atomic E-state index is 12.1. The number of amides is 1. The highest BCUT2D eigenvalue weighted by Gasteiger charge is 2.23. The van der Waals surface area contributed by atoms with Crippen LogP contribution in [0.4, 0.5) is 0 Å². The van der Waals surface area contributed by atoms with Crippen molar-refractivity contribution in [3.05, 3.63) is 0 Å². The van der Waals surface area contributed by atoms with Crippen LogP contribution in [0.2, 0.25) is 0 Å². The van der Waals surface area contributed by atoms with Crippen LogP contribution in [0.5, 0.6) is 0 Å². The van der Waals surface area contributed by atoms with Crippen molar-refractivity contribution in [2.45, 2.75) is 52.0 Å². The Morgan fingerprint density at radius 3 is 2.55 bits per heavy atom. The van der Waals surface area contributed by atoms with Crippen molar-refractivity contribution in [3.63, 3.8) is 0 Å². The van der Waals surface area contributed by atoms with Crippen molar-refractivity contribution >= 4 is 11.9 Å². The lowest BCUT2D eigenvalue weighted by Crippen LogP contribution is -2.46. The van der Waals surface area contributed by atoms with Gasteiger partial charge in [-0.2, -0.15) is 0 Å². The van der Waals surface area contributed by atoms with Crippen molar-refractivity contribution in [1.29, 1.82) is 0 Å². The Balaban J connectivity index is 2.42. The van der Waals surface area contributed by atoms with E-state index in [9.17, 15) is 9.59 Å². The highest BCUT2D eigenvalue weighted by Crippen LogP contribution is 2.23. The summed E-state index contributed by atoms with van der Waals surface area (Å²) < 4.78 is 4.66. The molecule has 1 N–H and O–H groups in total. The summed E-state index contributed by atoms with van der Waals surface area (Å²) in [6.07, 6.45) is 5.61. The second kappa shape index (κ2) is 8.95. The third kappa shape index (κ3) is 5.90. The molecule has 0 aromatic rings. The molecule has 0 saturated heterocycles. The Hall–Kier alpha value is -1.10. The average Bonchev–Trinajstić information content (AvgIpc) is 2.41. The normalized spacial score (nSPS) is 22.6. The fraction of sp³-hybridized carbons (Fsp3) is 0.867. The molecule has 1 amide bonds. The molecule has 1 fully saturated rings. The summed E-state index contributed by atoms with van der Waals surface area (Å²) in [5.41, 5.74) is 0. The highest BCUT2D eigenvalue weighted by molar-refractivity contribution is 5.79. The van der Waals surface area contributed by atoms with Gasteiger partial charge in [0.25, 0.3) is 0 Å². The molecule has 1 rings (SSSR count). The Labute approximate surface area is 122 Å². The predicted octanol–water partition coefficient (Wildman–Crippen LogP) is 1.57. The van der Waals surface area contributed by atoms with E-state index in [0.717, 1.165) is 19.4 Å². The SMILES string of the molecule is CCCN(CC(=O)NC1CCCCC1C)CC(=O)OC. The van der Waals surface area contributed by atoms with Gasteiger partial charge in [-0.15, -0.1) is 0 Å². The fourth-order valence-corrected chi connectivity index (χ4v) is 2.76. The largest absolute Gasteiger partial charge is 0.468 e. The summed E-state index contributed by atoms with van der Waals surface area (Å²) in [6, 6.07) is 0.290. The number of ether oxygens (including phenoxy) is 1. The Morgan fingerprint density at radius 1 is 1.25 bits per heavy atom. The smallest absolute Gasteiger partial charge is 0.319 e. The van der Waals surface area contributed by atoms with Gasteiger partial charge in [0.2, 0.25) is 5.91 Å². The second-order valence-electron chi connectivity index (χ2n) is 5.72. The molecule has 0 radical (unpaired) electrons. The number of esters is 1. The predicted molar refractivity (Wildman–Crippen MR) is 78.3 cm³/mol. The lowest BCUT2D eigenvalue weighted by Gasteiger charge is -2.30. The van der Waals surface area contributed by atoms with E-state index >= 15 is 0 Å². The van der Waals surface area contributed by atoms with Crippen LogP contribution in [0.3, 0.4) is 0 Å². The molecule has 2 atom stereocenters. The van der Waals surface area contributed by atoms with Crippen LogP contribution in [0, 0.1) is 5.92 Å². The quantitative estimate of drug-likeness (QED) is 0.721. The van der Waals surface area contributed by atoms with Crippen LogP contribution in [0.15, 0.2) is 0 Å². The van der Waals surface area contributed by atoms with Crippen molar-refractivity contribution in [1.82, 2.24) is 10.2 Å². The number of nitrogens with zero attached hydrogens (tertiary/aromatic N) is 1. The first-order valence-electron chi connectivity index (χ1n) is 7.65. The molecule has 5 heteroatoms. The summed E-state index contributed by atoms with van der Waals surface area (Å²) in [4.78, 5) is 25.3. The molecule has 0 aromatic carbocycles. The topological polar surface area (TPSA) is 58.6 Å². The van der Waals surface area contributed by atoms with Gasteiger partial charge in [0.05, 0.1) is 20.2 Å². The average molecular weight is 284 g/mol. The van der Waals surface area contributed by atoms with Crippen molar-refractivity contribution in [2.75, 3.05) is 26.7 Å². The molecule has 0 aliphatic heterocycles. The van der Waals surface area contributed by atoms with E-state index in [2.05, 4.69) is 17.0 Å². The first kappa shape index (κ1) is 17.0. The number of carbonyl (C=O) groups excluding carboxylic acids is 2. The maximum atomic E-state index is 12.1. The summed E-state index contributed by atoms with van der Waals surface area (Å²) >= 11 is 0. The van der Waals surface area contributed by atoms with Gasteiger partial charge in [0.15, 0.2) is 0 Å². The molecule has 1 aliphatic carbocycles. The van der Waals surface area contributed by atoms with Crippen molar-refractivity contribution in [2.24, 2.45) is 5.92 Å². The molecule has 5 nitrogen and oxygen atoms in total. The van der Waals surface area contributed by atoms with E-state index in [1.165, 1.54) is 26.4 Å². The Morgan fingerprint density at radius 2 is 1.95 bits per heavy atom. The van der Waals surface area contributed by atoms with Crippen LogP contribution < -0.4 is 5.32 Å². The van der Waals surface area contributed by atoms with Gasteiger partial charge in [0, 0.05) is 6.04 Å². The van der Waals surface area contributed by atoms with Crippen LogP contribution >= 0.6 is 0 Å². The molecule has 2 unspecified atom stereocenters. The van der Waals surface area contributed by atoms with Crippen LogP contribution in [0.25, 0.3) is 0 Å². The molecule has 20 heavy (non-hydrogen) atoms. The third-order valence-electron chi connectivity index (χ3n) is 3.95. The van der Waals surface area contributed by atoms with Gasteiger partial charge < -0.3 is 10.1 Å². The minimum Gasteiger partial charge on any atom is -0.468 e. The molecule has 1 aliphatic rings. The zero-order valence-corrected chi connectivity index (χ0v) is 13.0. The minimum atomic E-state index is -0.294. The van der Waals surface area contributed by atoms with Gasteiger partial charge in [-0.25, -0.2) is 0 Å². The van der Waals surface area contributed by atoms with E-state index in [1.54, 1.807) is 0 Å². The zero-order valence-electron chi connectivity index (χ0n) is 13.0. The summed E-state index contributed by atoms with van der Waals surface area (Å²) in [5, 5.41) is 3.12. The lowest BCUT2D eigenvalue weighted by atomic mass is 9.86. The molecular formula is C15H28N2O3. The number of hydrogen-bond donors (Lipinski definition) is 1. The second-order valence-corrected chi connectivity index (χ2v) is 5.72.